The molecule has 7 heteroatoms. The first-order valence-electron chi connectivity index (χ1n) is 8.87. The highest BCUT2D eigenvalue weighted by molar-refractivity contribution is 5.82. The number of hydrogen-bond acceptors (Lipinski definition) is 7. The SMILES string of the molecule is Cc1cc(Nc2ccc3c(c2)OCO3)nc(Nc2ccc3ncccc3c2)n1. The zero-order valence-electron chi connectivity index (χ0n) is 15.1. The molecule has 0 saturated heterocycles. The van der Waals surface area contributed by atoms with Crippen LogP contribution in [0, 0.1) is 6.92 Å². The summed E-state index contributed by atoms with van der Waals surface area (Å²) in [6, 6.07) is 17.5. The van der Waals surface area contributed by atoms with Gasteiger partial charge < -0.3 is 20.1 Å². The van der Waals surface area contributed by atoms with E-state index in [9.17, 15) is 0 Å². The van der Waals surface area contributed by atoms with Gasteiger partial charge in [-0.1, -0.05) is 6.07 Å². The first kappa shape index (κ1) is 16.3. The van der Waals surface area contributed by atoms with Crippen LogP contribution >= 0.6 is 0 Å². The lowest BCUT2D eigenvalue weighted by Gasteiger charge is -2.11. The molecular weight excluding hydrogens is 354 g/mol. The van der Waals surface area contributed by atoms with Gasteiger partial charge in [0.1, 0.15) is 5.82 Å². The second-order valence-electron chi connectivity index (χ2n) is 6.45. The predicted molar refractivity (Wildman–Crippen MR) is 108 cm³/mol. The van der Waals surface area contributed by atoms with Crippen LogP contribution in [0.25, 0.3) is 10.9 Å². The lowest BCUT2D eigenvalue weighted by molar-refractivity contribution is 0.174. The zero-order chi connectivity index (χ0) is 18.9. The molecule has 0 amide bonds. The van der Waals surface area contributed by atoms with Crippen LogP contribution < -0.4 is 20.1 Å². The van der Waals surface area contributed by atoms with Gasteiger partial charge in [-0.3, -0.25) is 4.98 Å². The number of rotatable bonds is 4. The number of benzene rings is 2. The largest absolute Gasteiger partial charge is 0.454 e. The van der Waals surface area contributed by atoms with E-state index in [0.717, 1.165) is 39.5 Å². The normalized spacial score (nSPS) is 12.2. The molecule has 0 fully saturated rings. The van der Waals surface area contributed by atoms with Crippen molar-refractivity contribution in [3.05, 3.63) is 66.5 Å². The van der Waals surface area contributed by atoms with E-state index >= 15 is 0 Å². The summed E-state index contributed by atoms with van der Waals surface area (Å²) in [5.74, 6) is 2.68. The van der Waals surface area contributed by atoms with Crippen LogP contribution in [0.3, 0.4) is 0 Å². The van der Waals surface area contributed by atoms with Crippen molar-refractivity contribution in [3.8, 4) is 11.5 Å². The average Bonchev–Trinajstić information content (AvgIpc) is 3.15. The second kappa shape index (κ2) is 6.70. The summed E-state index contributed by atoms with van der Waals surface area (Å²) in [7, 11) is 0. The first-order valence-corrected chi connectivity index (χ1v) is 8.87. The summed E-state index contributed by atoms with van der Waals surface area (Å²) in [4.78, 5) is 13.4. The molecule has 1 aliphatic rings. The van der Waals surface area contributed by atoms with Gasteiger partial charge in [0.15, 0.2) is 11.5 Å². The van der Waals surface area contributed by atoms with E-state index in [4.69, 9.17) is 9.47 Å². The predicted octanol–water partition coefficient (Wildman–Crippen LogP) is 4.55. The topological polar surface area (TPSA) is 81.2 Å². The Morgan fingerprint density at radius 1 is 0.857 bits per heavy atom. The quantitative estimate of drug-likeness (QED) is 0.545. The number of fused-ring (bicyclic) bond motifs is 2. The van der Waals surface area contributed by atoms with E-state index in [-0.39, 0.29) is 6.79 Å². The molecule has 2 aromatic carbocycles. The van der Waals surface area contributed by atoms with Crippen LogP contribution in [-0.4, -0.2) is 21.7 Å². The molecule has 0 radical (unpaired) electrons. The van der Waals surface area contributed by atoms with E-state index in [1.807, 2.05) is 61.5 Å². The highest BCUT2D eigenvalue weighted by Gasteiger charge is 2.13. The monoisotopic (exact) mass is 371 g/mol. The molecule has 5 rings (SSSR count). The third kappa shape index (κ3) is 3.25. The number of anilines is 4. The number of pyridine rings is 1. The van der Waals surface area contributed by atoms with E-state index < -0.39 is 0 Å². The third-order valence-electron chi connectivity index (χ3n) is 4.36. The highest BCUT2D eigenvalue weighted by Crippen LogP contribution is 2.35. The maximum atomic E-state index is 5.43. The Bertz CT molecular complexity index is 1180. The zero-order valence-corrected chi connectivity index (χ0v) is 15.1. The molecule has 0 spiro atoms. The number of aromatic nitrogens is 3. The molecular formula is C21H17N5O2. The van der Waals surface area contributed by atoms with E-state index in [1.54, 1.807) is 6.20 Å². The molecule has 138 valence electrons. The summed E-state index contributed by atoms with van der Waals surface area (Å²) in [6.07, 6.45) is 1.78. The van der Waals surface area contributed by atoms with Gasteiger partial charge in [0.05, 0.1) is 5.52 Å². The Kier molecular flexibility index (Phi) is 3.90. The maximum absolute atomic E-state index is 5.43. The van der Waals surface area contributed by atoms with Crippen LogP contribution in [-0.2, 0) is 0 Å². The molecule has 4 aromatic rings. The van der Waals surface area contributed by atoms with Gasteiger partial charge in [0, 0.05) is 40.8 Å². The molecule has 7 nitrogen and oxygen atoms in total. The van der Waals surface area contributed by atoms with Gasteiger partial charge in [-0.25, -0.2) is 4.98 Å². The molecule has 3 heterocycles. The Morgan fingerprint density at radius 2 is 1.71 bits per heavy atom. The van der Waals surface area contributed by atoms with Crippen LogP contribution in [0.4, 0.5) is 23.1 Å². The lowest BCUT2D eigenvalue weighted by atomic mass is 10.2. The molecule has 1 aliphatic heterocycles. The average molecular weight is 371 g/mol. The van der Waals surface area contributed by atoms with Crippen molar-refractivity contribution in [1.82, 2.24) is 15.0 Å². The summed E-state index contributed by atoms with van der Waals surface area (Å²) in [6.45, 7) is 2.18. The van der Waals surface area contributed by atoms with Gasteiger partial charge >= 0.3 is 0 Å². The molecule has 2 aromatic heterocycles. The fourth-order valence-electron chi connectivity index (χ4n) is 3.09. The van der Waals surface area contributed by atoms with Crippen molar-refractivity contribution in [3.63, 3.8) is 0 Å². The second-order valence-corrected chi connectivity index (χ2v) is 6.45. The fraction of sp³-hybridized carbons (Fsp3) is 0.0952. The van der Waals surface area contributed by atoms with Crippen molar-refractivity contribution >= 4 is 34.0 Å². The minimum atomic E-state index is 0.251. The lowest BCUT2D eigenvalue weighted by Crippen LogP contribution is -2.02. The van der Waals surface area contributed by atoms with Crippen molar-refractivity contribution in [2.45, 2.75) is 6.92 Å². The third-order valence-corrected chi connectivity index (χ3v) is 4.36. The van der Waals surface area contributed by atoms with Crippen molar-refractivity contribution < 1.29 is 9.47 Å². The molecule has 0 saturated carbocycles. The minimum Gasteiger partial charge on any atom is -0.454 e. The fourth-order valence-corrected chi connectivity index (χ4v) is 3.09. The molecule has 2 N–H and O–H groups in total. The van der Waals surface area contributed by atoms with E-state index in [1.165, 1.54) is 0 Å². The van der Waals surface area contributed by atoms with Crippen molar-refractivity contribution in [1.29, 1.82) is 0 Å². The number of ether oxygens (including phenoxy) is 2. The van der Waals surface area contributed by atoms with Crippen LogP contribution in [0.2, 0.25) is 0 Å². The van der Waals surface area contributed by atoms with Gasteiger partial charge in [0.25, 0.3) is 0 Å². The van der Waals surface area contributed by atoms with Gasteiger partial charge in [-0.15, -0.1) is 0 Å². The summed E-state index contributed by atoms with van der Waals surface area (Å²) in [5.41, 5.74) is 3.57. The van der Waals surface area contributed by atoms with Crippen LogP contribution in [0.15, 0.2) is 60.8 Å². The number of nitrogens with zero attached hydrogens (tertiary/aromatic N) is 3. The van der Waals surface area contributed by atoms with Crippen molar-refractivity contribution in [2.24, 2.45) is 0 Å². The summed E-state index contributed by atoms with van der Waals surface area (Å²) < 4.78 is 10.8. The number of hydrogen-bond donors (Lipinski definition) is 2. The Hall–Kier alpha value is -3.87. The first-order chi connectivity index (χ1) is 13.7. The van der Waals surface area contributed by atoms with Gasteiger partial charge in [-0.2, -0.15) is 4.98 Å². The maximum Gasteiger partial charge on any atom is 0.231 e. The van der Waals surface area contributed by atoms with Crippen molar-refractivity contribution in [2.75, 3.05) is 17.4 Å². The standard InChI is InChI=1S/C21H17N5O2/c1-13-9-20(24-16-5-7-18-19(11-16)28-12-27-18)26-21(23-13)25-15-4-6-17-14(10-15)3-2-8-22-17/h2-11H,12H2,1H3,(H2,23,24,25,26). The molecule has 0 aliphatic carbocycles. The van der Waals surface area contributed by atoms with Crippen LogP contribution in [0.5, 0.6) is 11.5 Å². The van der Waals surface area contributed by atoms with Gasteiger partial charge in [-0.05, 0) is 43.3 Å². The van der Waals surface area contributed by atoms with Crippen LogP contribution in [0.1, 0.15) is 5.69 Å². The summed E-state index contributed by atoms with van der Waals surface area (Å²) >= 11 is 0. The Labute approximate surface area is 161 Å². The minimum absolute atomic E-state index is 0.251. The number of aryl methyl sites for hydroxylation is 1. The summed E-state index contributed by atoms with van der Waals surface area (Å²) in [5, 5.41) is 7.62. The highest BCUT2D eigenvalue weighted by atomic mass is 16.7. The smallest absolute Gasteiger partial charge is 0.231 e. The molecule has 0 bridgehead atoms. The van der Waals surface area contributed by atoms with E-state index in [0.29, 0.717) is 11.8 Å². The number of nitrogens with one attached hydrogen (secondary N) is 2. The molecule has 0 unspecified atom stereocenters. The Morgan fingerprint density at radius 3 is 2.68 bits per heavy atom. The van der Waals surface area contributed by atoms with E-state index in [2.05, 4.69) is 25.6 Å². The van der Waals surface area contributed by atoms with Gasteiger partial charge in [0.2, 0.25) is 12.7 Å². The Balaban J connectivity index is 1.40. The molecule has 28 heavy (non-hydrogen) atoms. The molecule has 0 atom stereocenters.